The van der Waals surface area contributed by atoms with E-state index in [0.29, 0.717) is 5.69 Å². The number of hydrogen-bond acceptors (Lipinski definition) is 4. The summed E-state index contributed by atoms with van der Waals surface area (Å²) in [5.41, 5.74) is 1.04. The number of carbonyl (C=O) groups excluding carboxylic acids is 1. The summed E-state index contributed by atoms with van der Waals surface area (Å²) in [7, 11) is -3.91. The number of sulfonamides is 1. The van der Waals surface area contributed by atoms with Gasteiger partial charge in [-0.1, -0.05) is 38.5 Å². The highest BCUT2D eigenvalue weighted by Crippen LogP contribution is 2.28. The van der Waals surface area contributed by atoms with Crippen LogP contribution < -0.4 is 9.62 Å². The van der Waals surface area contributed by atoms with Crippen LogP contribution in [-0.2, 0) is 14.8 Å². The van der Waals surface area contributed by atoms with Crippen LogP contribution in [0.1, 0.15) is 46.6 Å². The van der Waals surface area contributed by atoms with Gasteiger partial charge in [-0.2, -0.15) is 0 Å². The maximum absolute atomic E-state index is 13.5. The van der Waals surface area contributed by atoms with Crippen LogP contribution in [0.3, 0.4) is 0 Å². The van der Waals surface area contributed by atoms with Crippen molar-refractivity contribution in [2.24, 2.45) is 5.41 Å². The van der Waals surface area contributed by atoms with Crippen LogP contribution in [0.25, 0.3) is 0 Å². The molecular weight excluding hydrogens is 428 g/mol. The Morgan fingerprint density at radius 3 is 2.00 bits per heavy atom. The van der Waals surface area contributed by atoms with Gasteiger partial charge in [-0.15, -0.1) is 11.8 Å². The number of rotatable bonds is 8. The first-order valence-corrected chi connectivity index (χ1v) is 12.9. The van der Waals surface area contributed by atoms with Crippen LogP contribution in [0.15, 0.2) is 58.3 Å². The summed E-state index contributed by atoms with van der Waals surface area (Å²) in [5, 5.41) is 3.02. The number of benzene rings is 2. The molecule has 0 saturated carbocycles. The normalized spacial score (nSPS) is 12.5. The molecule has 0 aliphatic carbocycles. The van der Waals surface area contributed by atoms with E-state index in [4.69, 9.17) is 0 Å². The molecule has 1 amide bonds. The third kappa shape index (κ3) is 7.28. The van der Waals surface area contributed by atoms with Crippen molar-refractivity contribution in [2.45, 2.75) is 63.3 Å². The van der Waals surface area contributed by atoms with Gasteiger partial charge in [-0.05, 0) is 75.3 Å². The summed E-state index contributed by atoms with van der Waals surface area (Å²) in [5.74, 6) is -0.334. The highest BCUT2D eigenvalue weighted by atomic mass is 32.2. The van der Waals surface area contributed by atoms with Crippen LogP contribution in [0.4, 0.5) is 5.69 Å². The monoisotopic (exact) mass is 462 g/mol. The van der Waals surface area contributed by atoms with Gasteiger partial charge in [0.15, 0.2) is 0 Å². The standard InChI is InChI=1S/C24H34N2O3S2/c1-18-8-10-19(11-9-18)26(16-22(27)25-24(5,6)17-23(2,3)4)31(28,29)21-14-12-20(30-7)13-15-21/h8-15H,16-17H2,1-7H3,(H,25,27). The minimum atomic E-state index is -3.91. The molecule has 0 unspecified atom stereocenters. The summed E-state index contributed by atoms with van der Waals surface area (Å²) in [6, 6.07) is 13.9. The molecular formula is C24H34N2O3S2. The molecule has 170 valence electrons. The van der Waals surface area contributed by atoms with Crippen molar-refractivity contribution in [3.63, 3.8) is 0 Å². The molecule has 0 bridgehead atoms. The van der Waals surface area contributed by atoms with E-state index in [0.717, 1.165) is 16.9 Å². The third-order valence-corrected chi connectivity index (χ3v) is 7.24. The Kier molecular flexibility index (Phi) is 7.87. The average Bonchev–Trinajstić information content (AvgIpc) is 2.64. The Bertz CT molecular complexity index is 991. The Balaban J connectivity index is 2.37. The van der Waals surface area contributed by atoms with Crippen LogP contribution in [0.5, 0.6) is 0 Å². The Morgan fingerprint density at radius 2 is 1.52 bits per heavy atom. The molecule has 0 atom stereocenters. The van der Waals surface area contributed by atoms with E-state index in [1.54, 1.807) is 48.2 Å². The molecule has 0 fully saturated rings. The molecule has 2 aromatic rings. The zero-order valence-corrected chi connectivity index (χ0v) is 21.2. The first-order valence-electron chi connectivity index (χ1n) is 10.3. The fraction of sp³-hybridized carbons (Fsp3) is 0.458. The Morgan fingerprint density at radius 1 is 0.968 bits per heavy atom. The first kappa shape index (κ1) is 25.3. The van der Waals surface area contributed by atoms with E-state index in [-0.39, 0.29) is 22.8 Å². The number of nitrogens with zero attached hydrogens (tertiary/aromatic N) is 1. The largest absolute Gasteiger partial charge is 0.350 e. The highest BCUT2D eigenvalue weighted by Gasteiger charge is 2.31. The lowest BCUT2D eigenvalue weighted by molar-refractivity contribution is -0.121. The van der Waals surface area contributed by atoms with Crippen LogP contribution >= 0.6 is 11.8 Å². The van der Waals surface area contributed by atoms with E-state index in [2.05, 4.69) is 26.1 Å². The number of anilines is 1. The van der Waals surface area contributed by atoms with Gasteiger partial charge in [0, 0.05) is 10.4 Å². The summed E-state index contributed by atoms with van der Waals surface area (Å²) in [6.07, 6.45) is 2.70. The Labute approximate surface area is 191 Å². The van der Waals surface area contributed by atoms with E-state index < -0.39 is 15.6 Å². The van der Waals surface area contributed by atoms with E-state index in [9.17, 15) is 13.2 Å². The predicted molar refractivity (Wildman–Crippen MR) is 130 cm³/mol. The second-order valence-corrected chi connectivity index (χ2v) is 12.4. The maximum Gasteiger partial charge on any atom is 0.264 e. The zero-order valence-electron chi connectivity index (χ0n) is 19.5. The van der Waals surface area contributed by atoms with Crippen molar-refractivity contribution in [2.75, 3.05) is 17.1 Å². The number of hydrogen-bond donors (Lipinski definition) is 1. The average molecular weight is 463 g/mol. The van der Waals surface area contributed by atoms with Gasteiger partial charge in [0.25, 0.3) is 10.0 Å². The quantitative estimate of drug-likeness (QED) is 0.545. The lowest BCUT2D eigenvalue weighted by atomic mass is 9.82. The number of nitrogens with one attached hydrogen (secondary N) is 1. The highest BCUT2D eigenvalue weighted by molar-refractivity contribution is 7.98. The van der Waals surface area contributed by atoms with Gasteiger partial charge in [0.1, 0.15) is 6.54 Å². The van der Waals surface area contributed by atoms with Crippen LogP contribution in [-0.4, -0.2) is 32.7 Å². The molecule has 2 rings (SSSR count). The van der Waals surface area contributed by atoms with Crippen LogP contribution in [0, 0.1) is 12.3 Å². The van der Waals surface area contributed by atoms with Gasteiger partial charge in [0.2, 0.25) is 5.91 Å². The summed E-state index contributed by atoms with van der Waals surface area (Å²) >= 11 is 1.54. The maximum atomic E-state index is 13.5. The number of aryl methyl sites for hydroxylation is 1. The number of amides is 1. The van der Waals surface area contributed by atoms with Crippen molar-refractivity contribution in [1.82, 2.24) is 5.32 Å². The Hall–Kier alpha value is -1.99. The van der Waals surface area contributed by atoms with Gasteiger partial charge < -0.3 is 5.32 Å². The van der Waals surface area contributed by atoms with Crippen molar-refractivity contribution >= 4 is 33.4 Å². The summed E-state index contributed by atoms with van der Waals surface area (Å²) in [6.45, 7) is 11.9. The smallest absolute Gasteiger partial charge is 0.264 e. The van der Waals surface area contributed by atoms with E-state index >= 15 is 0 Å². The van der Waals surface area contributed by atoms with Crippen molar-refractivity contribution in [3.05, 3.63) is 54.1 Å². The fourth-order valence-electron chi connectivity index (χ4n) is 3.82. The summed E-state index contributed by atoms with van der Waals surface area (Å²) in [4.78, 5) is 14.1. The van der Waals surface area contributed by atoms with Crippen LogP contribution in [0.2, 0.25) is 0 Å². The third-order valence-electron chi connectivity index (χ3n) is 4.71. The minimum absolute atomic E-state index is 0.0263. The lowest BCUT2D eigenvalue weighted by Gasteiger charge is -2.34. The summed E-state index contributed by atoms with van der Waals surface area (Å²) < 4.78 is 28.2. The SMILES string of the molecule is CSc1ccc(S(=O)(=O)N(CC(=O)NC(C)(C)CC(C)(C)C)c2ccc(C)cc2)cc1. The molecule has 2 aromatic carbocycles. The predicted octanol–water partition coefficient (Wildman–Crippen LogP) is 5.24. The molecule has 0 aromatic heterocycles. The fourth-order valence-corrected chi connectivity index (χ4v) is 5.65. The molecule has 0 spiro atoms. The van der Waals surface area contributed by atoms with E-state index in [1.165, 1.54) is 4.31 Å². The lowest BCUT2D eigenvalue weighted by Crippen LogP contribution is -2.50. The molecule has 1 N–H and O–H groups in total. The second kappa shape index (κ2) is 9.65. The van der Waals surface area contributed by atoms with Gasteiger partial charge >= 0.3 is 0 Å². The molecule has 0 aliphatic rings. The first-order chi connectivity index (χ1) is 14.2. The zero-order chi connectivity index (χ0) is 23.4. The second-order valence-electron chi connectivity index (χ2n) is 9.69. The molecule has 0 aliphatic heterocycles. The van der Waals surface area contributed by atoms with Gasteiger partial charge in [-0.3, -0.25) is 9.10 Å². The number of carbonyl (C=O) groups is 1. The topological polar surface area (TPSA) is 66.5 Å². The molecule has 0 saturated heterocycles. The molecule has 5 nitrogen and oxygen atoms in total. The molecule has 7 heteroatoms. The molecule has 0 heterocycles. The van der Waals surface area contributed by atoms with Gasteiger partial charge in [0.05, 0.1) is 10.6 Å². The van der Waals surface area contributed by atoms with Crippen molar-refractivity contribution in [1.29, 1.82) is 0 Å². The minimum Gasteiger partial charge on any atom is -0.350 e. The van der Waals surface area contributed by atoms with E-state index in [1.807, 2.05) is 39.2 Å². The van der Waals surface area contributed by atoms with Crippen molar-refractivity contribution in [3.8, 4) is 0 Å². The van der Waals surface area contributed by atoms with Crippen molar-refractivity contribution < 1.29 is 13.2 Å². The molecule has 31 heavy (non-hydrogen) atoms. The molecule has 0 radical (unpaired) electrons. The number of thioether (sulfide) groups is 1. The van der Waals surface area contributed by atoms with Gasteiger partial charge in [-0.25, -0.2) is 8.42 Å².